The number of aromatic nitrogens is 3. The van der Waals surface area contributed by atoms with E-state index in [1.807, 2.05) is 12.1 Å². The Kier molecular flexibility index (Phi) is 2.91. The Morgan fingerprint density at radius 3 is 2.79 bits per heavy atom. The second kappa shape index (κ2) is 4.72. The Hall–Kier alpha value is -2.36. The minimum atomic E-state index is 0.259. The highest BCUT2D eigenvalue weighted by Gasteiger charge is 2.14. The van der Waals surface area contributed by atoms with Gasteiger partial charge in [0.05, 0.1) is 11.7 Å². The monoisotopic (exact) mass is 252 g/mol. The van der Waals surface area contributed by atoms with Crippen LogP contribution in [0.4, 0.5) is 5.95 Å². The van der Waals surface area contributed by atoms with Gasteiger partial charge in [0.1, 0.15) is 5.52 Å². The molecular formula is C15H16N4. The molecule has 0 aliphatic carbocycles. The molecule has 96 valence electrons. The van der Waals surface area contributed by atoms with Crippen LogP contribution in [-0.2, 0) is 6.42 Å². The molecule has 4 heteroatoms. The van der Waals surface area contributed by atoms with Crippen molar-refractivity contribution in [1.29, 1.82) is 0 Å². The Labute approximate surface area is 111 Å². The molecule has 1 aromatic carbocycles. The number of nitrogens with two attached hydrogens (primary N) is 1. The summed E-state index contributed by atoms with van der Waals surface area (Å²) in [7, 11) is 0. The van der Waals surface area contributed by atoms with E-state index in [0.717, 1.165) is 17.5 Å². The molecule has 19 heavy (non-hydrogen) atoms. The quantitative estimate of drug-likeness (QED) is 0.779. The molecule has 0 bridgehead atoms. The molecule has 0 saturated carbocycles. The van der Waals surface area contributed by atoms with Crippen molar-refractivity contribution in [2.24, 2.45) is 0 Å². The van der Waals surface area contributed by atoms with Gasteiger partial charge in [0.15, 0.2) is 0 Å². The van der Waals surface area contributed by atoms with Crippen LogP contribution in [0.1, 0.15) is 18.5 Å². The average Bonchev–Trinajstić information content (AvgIpc) is 2.75. The maximum Gasteiger partial charge on any atom is 0.201 e. The second-order valence-corrected chi connectivity index (χ2v) is 4.74. The zero-order valence-corrected chi connectivity index (χ0v) is 10.8. The van der Waals surface area contributed by atoms with Gasteiger partial charge in [-0.1, -0.05) is 30.3 Å². The van der Waals surface area contributed by atoms with Gasteiger partial charge in [-0.05, 0) is 25.0 Å². The van der Waals surface area contributed by atoms with Crippen molar-refractivity contribution < 1.29 is 0 Å². The first-order valence-electron chi connectivity index (χ1n) is 6.37. The highest BCUT2D eigenvalue weighted by atomic mass is 15.2. The summed E-state index contributed by atoms with van der Waals surface area (Å²) in [5.74, 6) is 0.548. The van der Waals surface area contributed by atoms with Crippen LogP contribution in [0.25, 0.3) is 11.0 Å². The molecule has 0 amide bonds. The number of fused-ring (bicyclic) bond motifs is 1. The van der Waals surface area contributed by atoms with Gasteiger partial charge in [-0.25, -0.2) is 4.98 Å². The summed E-state index contributed by atoms with van der Waals surface area (Å²) < 4.78 is 2.07. The average molecular weight is 252 g/mol. The normalized spacial score (nSPS) is 12.7. The summed E-state index contributed by atoms with van der Waals surface area (Å²) in [6, 6.07) is 12.6. The predicted octanol–water partition coefficient (Wildman–Crippen LogP) is 2.82. The molecule has 3 rings (SSSR count). The van der Waals surface area contributed by atoms with Gasteiger partial charge in [-0.3, -0.25) is 4.98 Å². The fourth-order valence-electron chi connectivity index (χ4n) is 2.48. The number of benzene rings is 1. The summed E-state index contributed by atoms with van der Waals surface area (Å²) in [4.78, 5) is 8.43. The lowest BCUT2D eigenvalue weighted by Gasteiger charge is -2.16. The molecule has 1 unspecified atom stereocenters. The van der Waals surface area contributed by atoms with Crippen LogP contribution in [-0.4, -0.2) is 14.5 Å². The molecule has 0 aliphatic heterocycles. The van der Waals surface area contributed by atoms with Crippen molar-refractivity contribution in [2.45, 2.75) is 19.4 Å². The summed E-state index contributed by atoms with van der Waals surface area (Å²) in [6.45, 7) is 2.16. The predicted molar refractivity (Wildman–Crippen MR) is 76.8 cm³/mol. The minimum absolute atomic E-state index is 0.259. The molecule has 1 atom stereocenters. The standard InChI is InChI=1S/C15H16N4/c1-11(9-12-5-3-2-4-6-12)19-14-7-8-17-10-13(14)18-15(19)16/h2-8,10-11H,9H2,1H3,(H2,16,18). The van der Waals surface area contributed by atoms with E-state index < -0.39 is 0 Å². The van der Waals surface area contributed by atoms with Crippen molar-refractivity contribution in [1.82, 2.24) is 14.5 Å². The van der Waals surface area contributed by atoms with Crippen LogP contribution in [0.5, 0.6) is 0 Å². The molecule has 0 radical (unpaired) electrons. The van der Waals surface area contributed by atoms with Gasteiger partial charge < -0.3 is 10.3 Å². The minimum Gasteiger partial charge on any atom is -0.369 e. The summed E-state index contributed by atoms with van der Waals surface area (Å²) in [5, 5.41) is 0. The van der Waals surface area contributed by atoms with Gasteiger partial charge in [-0.15, -0.1) is 0 Å². The van der Waals surface area contributed by atoms with Crippen LogP contribution in [0.3, 0.4) is 0 Å². The van der Waals surface area contributed by atoms with E-state index in [4.69, 9.17) is 5.73 Å². The smallest absolute Gasteiger partial charge is 0.201 e. The van der Waals surface area contributed by atoms with Gasteiger partial charge in [0.25, 0.3) is 0 Å². The molecule has 2 aromatic heterocycles. The molecule has 4 nitrogen and oxygen atoms in total. The number of hydrogen-bond acceptors (Lipinski definition) is 3. The van der Waals surface area contributed by atoms with Crippen LogP contribution < -0.4 is 5.73 Å². The SMILES string of the molecule is CC(Cc1ccccc1)n1c(N)nc2cnccc21. The molecule has 0 spiro atoms. The van der Waals surface area contributed by atoms with E-state index in [2.05, 4.69) is 45.7 Å². The zero-order chi connectivity index (χ0) is 13.2. The van der Waals surface area contributed by atoms with Gasteiger partial charge in [-0.2, -0.15) is 0 Å². The second-order valence-electron chi connectivity index (χ2n) is 4.74. The third-order valence-electron chi connectivity index (χ3n) is 3.33. The van der Waals surface area contributed by atoms with Crippen molar-refractivity contribution in [3.63, 3.8) is 0 Å². The van der Waals surface area contributed by atoms with E-state index in [9.17, 15) is 0 Å². The van der Waals surface area contributed by atoms with E-state index in [1.165, 1.54) is 5.56 Å². The van der Waals surface area contributed by atoms with Crippen molar-refractivity contribution >= 4 is 17.0 Å². The summed E-state index contributed by atoms with van der Waals surface area (Å²) in [5.41, 5.74) is 9.21. The number of imidazole rings is 1. The van der Waals surface area contributed by atoms with Crippen molar-refractivity contribution in [3.8, 4) is 0 Å². The van der Waals surface area contributed by atoms with Crippen molar-refractivity contribution in [3.05, 3.63) is 54.4 Å². The number of nitrogens with zero attached hydrogens (tertiary/aromatic N) is 3. The van der Waals surface area contributed by atoms with Crippen LogP contribution in [0.15, 0.2) is 48.8 Å². The lowest BCUT2D eigenvalue weighted by atomic mass is 10.1. The lowest BCUT2D eigenvalue weighted by Crippen LogP contribution is -2.11. The highest BCUT2D eigenvalue weighted by Crippen LogP contribution is 2.24. The van der Waals surface area contributed by atoms with Crippen LogP contribution in [0, 0.1) is 0 Å². The Balaban J connectivity index is 1.97. The van der Waals surface area contributed by atoms with Gasteiger partial charge >= 0.3 is 0 Å². The van der Waals surface area contributed by atoms with Gasteiger partial charge in [0.2, 0.25) is 5.95 Å². The Morgan fingerprint density at radius 1 is 1.21 bits per heavy atom. The third-order valence-corrected chi connectivity index (χ3v) is 3.33. The highest BCUT2D eigenvalue weighted by molar-refractivity contribution is 5.77. The largest absolute Gasteiger partial charge is 0.369 e. The molecular weight excluding hydrogens is 236 g/mol. The number of anilines is 1. The fraction of sp³-hybridized carbons (Fsp3) is 0.200. The number of hydrogen-bond donors (Lipinski definition) is 1. The number of pyridine rings is 1. The van der Waals surface area contributed by atoms with Crippen LogP contribution >= 0.6 is 0 Å². The fourth-order valence-corrected chi connectivity index (χ4v) is 2.48. The summed E-state index contributed by atoms with van der Waals surface area (Å²) in [6.07, 6.45) is 4.45. The van der Waals surface area contributed by atoms with E-state index >= 15 is 0 Å². The maximum atomic E-state index is 6.03. The van der Waals surface area contributed by atoms with E-state index in [-0.39, 0.29) is 6.04 Å². The molecule has 3 aromatic rings. The number of nitrogen functional groups attached to an aromatic ring is 1. The molecule has 2 N–H and O–H groups in total. The van der Waals surface area contributed by atoms with Crippen LogP contribution in [0.2, 0.25) is 0 Å². The third kappa shape index (κ3) is 2.17. The first-order chi connectivity index (χ1) is 9.25. The van der Waals surface area contributed by atoms with Crippen molar-refractivity contribution in [2.75, 3.05) is 5.73 Å². The summed E-state index contributed by atoms with van der Waals surface area (Å²) >= 11 is 0. The van der Waals surface area contributed by atoms with E-state index in [1.54, 1.807) is 12.4 Å². The topological polar surface area (TPSA) is 56.7 Å². The lowest BCUT2D eigenvalue weighted by molar-refractivity contribution is 0.566. The molecule has 0 aliphatic rings. The Morgan fingerprint density at radius 2 is 2.00 bits per heavy atom. The molecule has 0 fully saturated rings. The number of rotatable bonds is 3. The Bertz CT molecular complexity index is 688. The first-order valence-corrected chi connectivity index (χ1v) is 6.37. The zero-order valence-electron chi connectivity index (χ0n) is 10.8. The maximum absolute atomic E-state index is 6.03. The first kappa shape index (κ1) is 11.7. The molecule has 0 saturated heterocycles. The molecule has 2 heterocycles. The van der Waals surface area contributed by atoms with E-state index in [0.29, 0.717) is 5.95 Å². The van der Waals surface area contributed by atoms with Gasteiger partial charge in [0, 0.05) is 12.2 Å².